The van der Waals surface area contributed by atoms with Crippen LogP contribution in [0.15, 0.2) is 30.3 Å². The Labute approximate surface area is 107 Å². The molecule has 1 aromatic carbocycles. The Balaban J connectivity index is 2.60. The third-order valence-electron chi connectivity index (χ3n) is 3.00. The van der Waals surface area contributed by atoms with Gasteiger partial charge in [0.2, 0.25) is 5.91 Å². The Morgan fingerprint density at radius 3 is 2.39 bits per heavy atom. The number of rotatable bonds is 6. The highest BCUT2D eigenvalue weighted by Gasteiger charge is 2.24. The Morgan fingerprint density at radius 1 is 1.28 bits per heavy atom. The quantitative estimate of drug-likeness (QED) is 0.808. The van der Waals surface area contributed by atoms with Crippen LogP contribution >= 0.6 is 0 Å². The van der Waals surface area contributed by atoms with Gasteiger partial charge in [-0.1, -0.05) is 50.6 Å². The van der Waals surface area contributed by atoms with Crippen molar-refractivity contribution in [3.05, 3.63) is 35.9 Å². The average molecular weight is 249 g/mol. The van der Waals surface area contributed by atoms with Crippen LogP contribution < -0.4 is 5.32 Å². The Bertz CT molecular complexity index is 403. The van der Waals surface area contributed by atoms with E-state index in [4.69, 9.17) is 5.11 Å². The SMILES string of the molecule is CC[C@H](C)[C@@H](NC(=O)Cc1ccccc1)C(=O)O. The Kier molecular flexibility index (Phi) is 5.36. The number of hydrogen-bond acceptors (Lipinski definition) is 2. The van der Waals surface area contributed by atoms with Gasteiger partial charge in [-0.05, 0) is 11.5 Å². The van der Waals surface area contributed by atoms with Gasteiger partial charge in [0.25, 0.3) is 0 Å². The summed E-state index contributed by atoms with van der Waals surface area (Å²) in [7, 11) is 0. The van der Waals surface area contributed by atoms with Crippen molar-refractivity contribution in [1.82, 2.24) is 5.32 Å². The molecule has 0 bridgehead atoms. The summed E-state index contributed by atoms with van der Waals surface area (Å²) in [6.07, 6.45) is 0.920. The molecule has 0 saturated carbocycles. The molecule has 0 aliphatic carbocycles. The molecule has 0 heterocycles. The van der Waals surface area contributed by atoms with Gasteiger partial charge < -0.3 is 10.4 Å². The second kappa shape index (κ2) is 6.79. The van der Waals surface area contributed by atoms with Crippen LogP contribution in [0.3, 0.4) is 0 Å². The molecule has 18 heavy (non-hydrogen) atoms. The fourth-order valence-electron chi connectivity index (χ4n) is 1.69. The molecule has 1 amide bonds. The topological polar surface area (TPSA) is 66.4 Å². The highest BCUT2D eigenvalue weighted by Crippen LogP contribution is 2.08. The van der Waals surface area contributed by atoms with Crippen molar-refractivity contribution in [2.24, 2.45) is 5.92 Å². The van der Waals surface area contributed by atoms with Gasteiger partial charge in [-0.25, -0.2) is 4.79 Å². The van der Waals surface area contributed by atoms with E-state index in [1.54, 1.807) is 0 Å². The molecule has 1 rings (SSSR count). The molecular weight excluding hydrogens is 230 g/mol. The van der Waals surface area contributed by atoms with Crippen LogP contribution in [0.1, 0.15) is 25.8 Å². The molecule has 0 unspecified atom stereocenters. The number of amides is 1. The molecule has 0 aromatic heterocycles. The van der Waals surface area contributed by atoms with Crippen LogP contribution in [-0.2, 0) is 16.0 Å². The monoisotopic (exact) mass is 249 g/mol. The molecule has 1 aromatic rings. The fourth-order valence-corrected chi connectivity index (χ4v) is 1.69. The summed E-state index contributed by atoms with van der Waals surface area (Å²) in [4.78, 5) is 22.8. The van der Waals surface area contributed by atoms with E-state index in [1.165, 1.54) is 0 Å². The van der Waals surface area contributed by atoms with Crippen LogP contribution in [-0.4, -0.2) is 23.0 Å². The van der Waals surface area contributed by atoms with Crippen molar-refractivity contribution in [2.75, 3.05) is 0 Å². The average Bonchev–Trinajstić information content (AvgIpc) is 2.36. The number of benzene rings is 1. The number of hydrogen-bond donors (Lipinski definition) is 2. The predicted molar refractivity (Wildman–Crippen MR) is 69.2 cm³/mol. The predicted octanol–water partition coefficient (Wildman–Crippen LogP) is 1.84. The molecule has 0 spiro atoms. The molecule has 0 radical (unpaired) electrons. The van der Waals surface area contributed by atoms with Gasteiger partial charge in [0.15, 0.2) is 0 Å². The first kappa shape index (κ1) is 14.2. The molecule has 0 aliphatic heterocycles. The lowest BCUT2D eigenvalue weighted by Gasteiger charge is -2.20. The van der Waals surface area contributed by atoms with E-state index in [1.807, 2.05) is 44.2 Å². The molecule has 0 aliphatic rings. The van der Waals surface area contributed by atoms with E-state index >= 15 is 0 Å². The zero-order valence-corrected chi connectivity index (χ0v) is 10.7. The molecule has 0 saturated heterocycles. The third kappa shape index (κ3) is 4.20. The summed E-state index contributed by atoms with van der Waals surface area (Å²) in [5.41, 5.74) is 0.878. The lowest BCUT2D eigenvalue weighted by atomic mass is 9.99. The summed E-state index contributed by atoms with van der Waals surface area (Å²) in [5.74, 6) is -1.32. The van der Waals surface area contributed by atoms with E-state index in [9.17, 15) is 9.59 Å². The number of carbonyl (C=O) groups excluding carboxylic acids is 1. The van der Waals surface area contributed by atoms with Gasteiger partial charge in [0, 0.05) is 0 Å². The van der Waals surface area contributed by atoms with Crippen molar-refractivity contribution < 1.29 is 14.7 Å². The third-order valence-corrected chi connectivity index (χ3v) is 3.00. The molecular formula is C14H19NO3. The zero-order chi connectivity index (χ0) is 13.5. The normalized spacial score (nSPS) is 13.7. The highest BCUT2D eigenvalue weighted by atomic mass is 16.4. The summed E-state index contributed by atoms with van der Waals surface area (Å²) in [6, 6.07) is 8.46. The minimum absolute atomic E-state index is 0.0813. The molecule has 2 atom stereocenters. The molecule has 4 nitrogen and oxygen atoms in total. The van der Waals surface area contributed by atoms with Gasteiger partial charge in [0.05, 0.1) is 6.42 Å². The van der Waals surface area contributed by atoms with Crippen molar-refractivity contribution in [1.29, 1.82) is 0 Å². The standard InChI is InChI=1S/C14H19NO3/c1-3-10(2)13(14(17)18)15-12(16)9-11-7-5-4-6-8-11/h4-8,10,13H,3,9H2,1-2H3,(H,15,16)(H,17,18)/t10-,13+/m0/s1. The van der Waals surface area contributed by atoms with Crippen molar-refractivity contribution >= 4 is 11.9 Å². The van der Waals surface area contributed by atoms with Gasteiger partial charge in [0.1, 0.15) is 6.04 Å². The maximum atomic E-state index is 11.8. The first-order valence-corrected chi connectivity index (χ1v) is 6.10. The number of carbonyl (C=O) groups is 2. The second-order valence-electron chi connectivity index (χ2n) is 4.43. The maximum Gasteiger partial charge on any atom is 0.326 e. The van der Waals surface area contributed by atoms with Crippen LogP contribution in [0.2, 0.25) is 0 Å². The van der Waals surface area contributed by atoms with Crippen LogP contribution in [0, 0.1) is 5.92 Å². The molecule has 4 heteroatoms. The summed E-state index contributed by atoms with van der Waals surface area (Å²) in [5, 5.41) is 11.7. The zero-order valence-electron chi connectivity index (χ0n) is 10.7. The maximum absolute atomic E-state index is 11.8. The van der Waals surface area contributed by atoms with Gasteiger partial charge in [-0.15, -0.1) is 0 Å². The first-order chi connectivity index (χ1) is 8.54. The van der Waals surface area contributed by atoms with Gasteiger partial charge in [-0.3, -0.25) is 4.79 Å². The lowest BCUT2D eigenvalue weighted by molar-refractivity contribution is -0.143. The van der Waals surface area contributed by atoms with E-state index in [2.05, 4.69) is 5.32 Å². The molecule has 0 fully saturated rings. The van der Waals surface area contributed by atoms with E-state index in [0.29, 0.717) is 6.42 Å². The highest BCUT2D eigenvalue weighted by molar-refractivity contribution is 5.85. The second-order valence-corrected chi connectivity index (χ2v) is 4.43. The Morgan fingerprint density at radius 2 is 1.89 bits per heavy atom. The summed E-state index contributed by atoms with van der Waals surface area (Å²) in [6.45, 7) is 3.73. The smallest absolute Gasteiger partial charge is 0.326 e. The molecule has 2 N–H and O–H groups in total. The van der Waals surface area contributed by atoms with E-state index < -0.39 is 12.0 Å². The lowest BCUT2D eigenvalue weighted by Crippen LogP contribution is -2.45. The first-order valence-electron chi connectivity index (χ1n) is 6.10. The fraction of sp³-hybridized carbons (Fsp3) is 0.429. The number of aliphatic carboxylic acids is 1. The minimum Gasteiger partial charge on any atom is -0.480 e. The number of carboxylic acid groups (broad SMARTS) is 1. The van der Waals surface area contributed by atoms with Gasteiger partial charge in [-0.2, -0.15) is 0 Å². The Hall–Kier alpha value is -1.84. The summed E-state index contributed by atoms with van der Waals surface area (Å²) >= 11 is 0. The van der Waals surface area contributed by atoms with E-state index in [0.717, 1.165) is 5.56 Å². The largest absolute Gasteiger partial charge is 0.480 e. The van der Waals surface area contributed by atoms with Crippen molar-refractivity contribution in [3.8, 4) is 0 Å². The number of carboxylic acids is 1. The van der Waals surface area contributed by atoms with E-state index in [-0.39, 0.29) is 18.2 Å². The van der Waals surface area contributed by atoms with Crippen LogP contribution in [0.5, 0.6) is 0 Å². The van der Waals surface area contributed by atoms with Crippen LogP contribution in [0.25, 0.3) is 0 Å². The summed E-state index contributed by atoms with van der Waals surface area (Å²) < 4.78 is 0. The number of nitrogens with one attached hydrogen (secondary N) is 1. The van der Waals surface area contributed by atoms with Crippen molar-refractivity contribution in [3.63, 3.8) is 0 Å². The van der Waals surface area contributed by atoms with Crippen LogP contribution in [0.4, 0.5) is 0 Å². The van der Waals surface area contributed by atoms with Gasteiger partial charge >= 0.3 is 5.97 Å². The molecule has 98 valence electrons. The minimum atomic E-state index is -0.981. The van der Waals surface area contributed by atoms with Crippen molar-refractivity contribution in [2.45, 2.75) is 32.7 Å².